The number of hydrogen-bond acceptors (Lipinski definition) is 2. The van der Waals surface area contributed by atoms with Gasteiger partial charge in [-0.25, -0.2) is 0 Å². The first-order chi connectivity index (χ1) is 30.5. The quantitative estimate of drug-likeness (QED) is 0.113. The molecule has 0 saturated carbocycles. The summed E-state index contributed by atoms with van der Waals surface area (Å²) < 4.78 is 0. The molecular formula is C66H144N2. The van der Waals surface area contributed by atoms with Crippen molar-refractivity contribution >= 4 is 0 Å². The van der Waals surface area contributed by atoms with Crippen molar-refractivity contribution in [1.82, 2.24) is 0 Å². The van der Waals surface area contributed by atoms with Crippen molar-refractivity contribution in [2.75, 3.05) is 0 Å². The SMILES string of the molecule is CC(C)/C=C\C(C)C.CC(C)/C=C\C(C)C.CC(C)C(C)C(C(C)C)C(C(C)C)C(C)C(C)C.CC(C)CC(C(C)C)C(C)C(C)C.CC(C)CC(C(C)C)C(C)C(C)C.CC(C)N.CC(C)N. The van der Waals surface area contributed by atoms with Crippen LogP contribution in [0.4, 0.5) is 0 Å². The Balaban J connectivity index is -0.000000135. The zero-order valence-electron chi connectivity index (χ0n) is 54.7. The van der Waals surface area contributed by atoms with Crippen LogP contribution in [-0.4, -0.2) is 12.1 Å². The zero-order valence-corrected chi connectivity index (χ0v) is 54.7. The third-order valence-electron chi connectivity index (χ3n) is 13.7. The molecule has 0 rings (SSSR count). The van der Waals surface area contributed by atoms with Crippen LogP contribution in [0.25, 0.3) is 0 Å². The molecule has 0 amide bonds. The summed E-state index contributed by atoms with van der Waals surface area (Å²) in [4.78, 5) is 0. The Morgan fingerprint density at radius 2 is 0.397 bits per heavy atom. The molecular weight excluding hydrogens is 821 g/mol. The number of hydrogen-bond donors (Lipinski definition) is 2. The second-order valence-electron chi connectivity index (χ2n) is 27.4. The van der Waals surface area contributed by atoms with Gasteiger partial charge in [0, 0.05) is 0 Å². The molecule has 0 spiro atoms. The van der Waals surface area contributed by atoms with Crippen molar-refractivity contribution < 1.29 is 0 Å². The van der Waals surface area contributed by atoms with Crippen molar-refractivity contribution in [2.24, 2.45) is 142 Å². The van der Waals surface area contributed by atoms with Gasteiger partial charge in [-0.15, -0.1) is 0 Å². The van der Waals surface area contributed by atoms with Crippen LogP contribution in [0.5, 0.6) is 0 Å². The van der Waals surface area contributed by atoms with E-state index in [-0.39, 0.29) is 0 Å². The molecule has 0 aliphatic heterocycles. The van der Waals surface area contributed by atoms with Crippen molar-refractivity contribution in [2.45, 2.75) is 274 Å². The molecule has 8 unspecified atom stereocenters. The first-order valence-electron chi connectivity index (χ1n) is 29.4. The minimum atomic E-state index is 0.333. The lowest BCUT2D eigenvalue weighted by Crippen LogP contribution is -2.37. The molecule has 8 atom stereocenters. The van der Waals surface area contributed by atoms with E-state index in [9.17, 15) is 0 Å². The Bertz CT molecular complexity index is 937. The molecule has 0 bridgehead atoms. The van der Waals surface area contributed by atoms with Crippen LogP contribution in [0.15, 0.2) is 24.3 Å². The molecule has 2 nitrogen and oxygen atoms in total. The summed E-state index contributed by atoms with van der Waals surface area (Å²) in [6.45, 7) is 82.5. The van der Waals surface area contributed by atoms with E-state index < -0.39 is 0 Å². The summed E-state index contributed by atoms with van der Waals surface area (Å²) in [5, 5.41) is 0. The van der Waals surface area contributed by atoms with Gasteiger partial charge in [-0.1, -0.05) is 274 Å². The largest absolute Gasteiger partial charge is 0.328 e. The van der Waals surface area contributed by atoms with E-state index in [1.165, 1.54) is 12.8 Å². The maximum Gasteiger partial charge on any atom is -0.00179 e. The Morgan fingerprint density at radius 1 is 0.235 bits per heavy atom. The van der Waals surface area contributed by atoms with Crippen LogP contribution >= 0.6 is 0 Å². The Hall–Kier alpha value is -0.600. The molecule has 418 valence electrons. The fraction of sp³-hybridized carbons (Fsp3) is 0.939. The lowest BCUT2D eigenvalue weighted by Gasteiger charge is -2.43. The van der Waals surface area contributed by atoms with Gasteiger partial charge in [0.05, 0.1) is 0 Å². The smallest absolute Gasteiger partial charge is 0.00179 e. The summed E-state index contributed by atoms with van der Waals surface area (Å²) in [6, 6.07) is 0.667. The van der Waals surface area contributed by atoms with Crippen molar-refractivity contribution in [3.05, 3.63) is 24.3 Å². The minimum absolute atomic E-state index is 0.333. The molecule has 0 aromatic carbocycles. The van der Waals surface area contributed by atoms with Crippen LogP contribution in [0.2, 0.25) is 0 Å². The van der Waals surface area contributed by atoms with Gasteiger partial charge in [0.1, 0.15) is 0 Å². The standard InChI is InChI=1S/C18H38.2C13H28.2C8H16.2C3H9N/c1-11(2)15(9)17(13(5)6)18(14(7)8)16(10)12(3)4;2*1-9(2)8-13(11(5)6)12(7)10(3)4;2*1-7(2)5-6-8(3)4;2*1-3(2)4/h11-18H,1-10H3;2*9-13H,8H2,1-7H3;2*5-8H,1-4H3;2*3H,4H2,1-2H3/b;;;2*6-5-;;. The average Bonchev–Trinajstić information content (AvgIpc) is 3.15. The predicted octanol–water partition coefficient (Wildman–Crippen LogP) is 21.7. The third kappa shape index (κ3) is 56.3. The van der Waals surface area contributed by atoms with Crippen molar-refractivity contribution in [3.8, 4) is 0 Å². The van der Waals surface area contributed by atoms with E-state index in [0.717, 1.165) is 107 Å². The minimum Gasteiger partial charge on any atom is -0.328 e. The molecule has 4 N–H and O–H groups in total. The van der Waals surface area contributed by atoms with Crippen LogP contribution in [-0.2, 0) is 0 Å². The number of allylic oxidation sites excluding steroid dienone is 4. The molecule has 2 heteroatoms. The number of rotatable bonds is 21. The average molecular weight is 966 g/mol. The zero-order chi connectivity index (χ0) is 56.1. The summed E-state index contributed by atoms with van der Waals surface area (Å²) in [7, 11) is 0. The maximum absolute atomic E-state index is 5.11. The lowest BCUT2D eigenvalue weighted by atomic mass is 9.62. The van der Waals surface area contributed by atoms with E-state index in [1.807, 2.05) is 27.7 Å². The summed E-state index contributed by atoms with van der Waals surface area (Å²) in [5.41, 5.74) is 10.2. The van der Waals surface area contributed by atoms with Crippen molar-refractivity contribution in [3.63, 3.8) is 0 Å². The first-order valence-corrected chi connectivity index (χ1v) is 29.4. The molecule has 0 aromatic rings. The van der Waals surface area contributed by atoms with E-state index in [0.29, 0.717) is 35.8 Å². The summed E-state index contributed by atoms with van der Waals surface area (Å²) in [6.07, 6.45) is 11.7. The summed E-state index contributed by atoms with van der Waals surface area (Å²) in [5.74, 6) is 17.8. The molecule has 68 heavy (non-hydrogen) atoms. The highest BCUT2D eigenvalue weighted by molar-refractivity contribution is 4.88. The second kappa shape index (κ2) is 47.4. The van der Waals surface area contributed by atoms with Crippen LogP contribution in [0.3, 0.4) is 0 Å². The lowest BCUT2D eigenvalue weighted by molar-refractivity contribution is 0.0504. The van der Waals surface area contributed by atoms with Gasteiger partial charge < -0.3 is 11.5 Å². The van der Waals surface area contributed by atoms with Gasteiger partial charge in [-0.05, 0) is 155 Å². The second-order valence-corrected chi connectivity index (χ2v) is 27.4. The molecule has 0 aliphatic rings. The maximum atomic E-state index is 5.11. The highest BCUT2D eigenvalue weighted by Gasteiger charge is 2.37. The van der Waals surface area contributed by atoms with E-state index in [1.54, 1.807) is 0 Å². The van der Waals surface area contributed by atoms with Gasteiger partial charge in [-0.3, -0.25) is 0 Å². The molecule has 0 heterocycles. The van der Waals surface area contributed by atoms with Gasteiger partial charge in [0.2, 0.25) is 0 Å². The molecule has 0 saturated heterocycles. The Labute approximate surface area is 438 Å². The fourth-order valence-electron chi connectivity index (χ4n) is 8.85. The van der Waals surface area contributed by atoms with Gasteiger partial charge >= 0.3 is 0 Å². The molecule has 0 radical (unpaired) electrons. The van der Waals surface area contributed by atoms with Crippen LogP contribution in [0.1, 0.15) is 262 Å². The summed E-state index contributed by atoms with van der Waals surface area (Å²) >= 11 is 0. The Kier molecular flexibility index (Phi) is 56.8. The predicted molar refractivity (Wildman–Crippen MR) is 325 cm³/mol. The van der Waals surface area contributed by atoms with E-state index in [4.69, 9.17) is 11.5 Å². The third-order valence-corrected chi connectivity index (χ3v) is 13.7. The first kappa shape index (κ1) is 81.5. The van der Waals surface area contributed by atoms with E-state index >= 15 is 0 Å². The topological polar surface area (TPSA) is 52.0 Å². The fourth-order valence-corrected chi connectivity index (χ4v) is 8.85. The molecule has 0 fully saturated rings. The van der Waals surface area contributed by atoms with Crippen molar-refractivity contribution in [1.29, 1.82) is 0 Å². The molecule has 0 aliphatic carbocycles. The van der Waals surface area contributed by atoms with E-state index in [2.05, 4.69) is 246 Å². The highest BCUT2D eigenvalue weighted by Crippen LogP contribution is 2.43. The van der Waals surface area contributed by atoms with Crippen LogP contribution in [0, 0.1) is 130 Å². The normalized spacial score (nSPS) is 15.7. The monoisotopic (exact) mass is 965 g/mol. The number of nitrogens with two attached hydrogens (primary N) is 2. The van der Waals surface area contributed by atoms with Gasteiger partial charge in [-0.2, -0.15) is 0 Å². The van der Waals surface area contributed by atoms with Crippen LogP contribution < -0.4 is 11.5 Å². The van der Waals surface area contributed by atoms with Gasteiger partial charge in [0.15, 0.2) is 0 Å². The van der Waals surface area contributed by atoms with Gasteiger partial charge in [0.25, 0.3) is 0 Å². The molecule has 0 aromatic heterocycles. The highest BCUT2D eigenvalue weighted by atomic mass is 14.6. The Morgan fingerprint density at radius 3 is 0.485 bits per heavy atom.